The van der Waals surface area contributed by atoms with Gasteiger partial charge in [0.1, 0.15) is 0 Å². The first-order valence-corrected chi connectivity index (χ1v) is 19.1. The number of benzene rings is 9. The van der Waals surface area contributed by atoms with Crippen molar-refractivity contribution in [3.8, 4) is 73.2 Å². The number of rotatable bonds is 7. The molecule has 276 valence electrons. The van der Waals surface area contributed by atoms with Crippen molar-refractivity contribution < 1.29 is 13.7 Å². The quantitative estimate of drug-likeness (QED) is 0.162. The van der Waals surface area contributed by atoms with Crippen molar-refractivity contribution in [3.05, 3.63) is 218 Å². The lowest BCUT2D eigenvalue weighted by Crippen LogP contribution is -2.04. The molecule has 59 heavy (non-hydrogen) atoms. The van der Waals surface area contributed by atoms with Gasteiger partial charge in [0, 0.05) is 33.0 Å². The fourth-order valence-electron chi connectivity index (χ4n) is 7.85. The number of hydrogen-bond acceptors (Lipinski definition) is 3. The molecule has 0 N–H and O–H groups in total. The minimum Gasteiger partial charge on any atom is -0.309 e. The molecule has 0 spiro atoms. The number of hydrogen-bond donors (Lipinski definition) is 0. The van der Waals surface area contributed by atoms with Gasteiger partial charge in [0.25, 0.3) is 0 Å². The zero-order chi connectivity index (χ0) is 47.8. The Morgan fingerprint density at radius 1 is 0.339 bits per heavy atom. The summed E-state index contributed by atoms with van der Waals surface area (Å²) in [6, 6.07) is 44.9. The third-order valence-electron chi connectivity index (χ3n) is 10.6. The highest BCUT2D eigenvalue weighted by Gasteiger charge is 2.22. The number of aromatic nitrogens is 4. The lowest BCUT2D eigenvalue weighted by Gasteiger charge is -2.20. The molecule has 11 aromatic rings. The maximum atomic E-state index is 9.35. The molecule has 0 unspecified atom stereocenters. The SMILES string of the molecule is [2H]c1c([2H])c([2H])c(-c2cc(-n3c4ccccc4c4ccccc43)c(-c3c([2H])c([2H])c([2H])c([2H])c3[2H])cc2-c2nc(-c3ccccc3)nc(-c3ccc4ccc(-c5ccccc5)cc4c3)n2)c([2H])c1[2H]. The first-order valence-electron chi connectivity index (χ1n) is 24.1. The van der Waals surface area contributed by atoms with Gasteiger partial charge in [0.15, 0.2) is 17.5 Å². The second-order valence-electron chi connectivity index (χ2n) is 14.1. The van der Waals surface area contributed by atoms with Crippen LogP contribution in [0.1, 0.15) is 13.7 Å². The van der Waals surface area contributed by atoms with Gasteiger partial charge < -0.3 is 4.57 Å². The van der Waals surface area contributed by atoms with E-state index in [2.05, 4.69) is 18.2 Å². The normalized spacial score (nSPS) is 13.8. The molecule has 0 fully saturated rings. The molecule has 0 aliphatic rings. The molecule has 4 heteroatoms. The summed E-state index contributed by atoms with van der Waals surface area (Å²) >= 11 is 0. The second-order valence-corrected chi connectivity index (χ2v) is 14.1. The van der Waals surface area contributed by atoms with Gasteiger partial charge in [-0.25, -0.2) is 15.0 Å². The molecular weight excluding hydrogens is 717 g/mol. The maximum absolute atomic E-state index is 9.35. The van der Waals surface area contributed by atoms with Crippen LogP contribution >= 0.6 is 0 Å². The van der Waals surface area contributed by atoms with E-state index in [-0.39, 0.29) is 45.3 Å². The van der Waals surface area contributed by atoms with Crippen LogP contribution in [0.5, 0.6) is 0 Å². The topological polar surface area (TPSA) is 43.6 Å². The van der Waals surface area contributed by atoms with Crippen molar-refractivity contribution in [1.82, 2.24) is 19.5 Å². The maximum Gasteiger partial charge on any atom is 0.164 e. The summed E-state index contributed by atoms with van der Waals surface area (Å²) < 4.78 is 91.7. The highest BCUT2D eigenvalue weighted by atomic mass is 15.0. The van der Waals surface area contributed by atoms with Gasteiger partial charge in [-0.15, -0.1) is 0 Å². The molecule has 0 aliphatic heterocycles. The van der Waals surface area contributed by atoms with E-state index in [0.717, 1.165) is 32.7 Å². The van der Waals surface area contributed by atoms with Gasteiger partial charge in [-0.1, -0.05) is 182 Å². The van der Waals surface area contributed by atoms with Gasteiger partial charge in [0.2, 0.25) is 0 Å². The molecule has 0 radical (unpaired) electrons. The van der Waals surface area contributed by atoms with E-state index in [1.54, 1.807) is 12.1 Å². The molecule has 9 aromatic carbocycles. The van der Waals surface area contributed by atoms with Crippen LogP contribution in [-0.2, 0) is 0 Å². The zero-order valence-corrected chi connectivity index (χ0v) is 31.3. The number of fused-ring (bicyclic) bond motifs is 4. The Bertz CT molecular complexity index is 3800. The Morgan fingerprint density at radius 3 is 1.49 bits per heavy atom. The Hall–Kier alpha value is -7.95. The van der Waals surface area contributed by atoms with Crippen molar-refractivity contribution in [1.29, 1.82) is 0 Å². The van der Waals surface area contributed by atoms with Crippen molar-refractivity contribution in [2.24, 2.45) is 0 Å². The third kappa shape index (κ3) is 6.24. The van der Waals surface area contributed by atoms with Crippen molar-refractivity contribution >= 4 is 32.6 Å². The van der Waals surface area contributed by atoms with E-state index in [1.807, 2.05) is 132 Å². The van der Waals surface area contributed by atoms with Crippen LogP contribution in [0.4, 0.5) is 0 Å². The van der Waals surface area contributed by atoms with E-state index in [1.165, 1.54) is 0 Å². The van der Waals surface area contributed by atoms with E-state index in [4.69, 9.17) is 23.2 Å². The third-order valence-corrected chi connectivity index (χ3v) is 10.6. The van der Waals surface area contributed by atoms with Gasteiger partial charge >= 0.3 is 0 Å². The number of para-hydroxylation sites is 2. The highest BCUT2D eigenvalue weighted by molar-refractivity contribution is 6.10. The molecule has 11 rings (SSSR count). The van der Waals surface area contributed by atoms with Gasteiger partial charge in [-0.05, 0) is 75.0 Å². The smallest absolute Gasteiger partial charge is 0.164 e. The van der Waals surface area contributed by atoms with Crippen LogP contribution in [0.2, 0.25) is 0 Å². The molecule has 0 saturated carbocycles. The average molecular weight is 763 g/mol. The molecule has 2 aromatic heterocycles. The average Bonchev–Trinajstić information content (AvgIpc) is 3.73. The van der Waals surface area contributed by atoms with Gasteiger partial charge in [0.05, 0.1) is 30.4 Å². The summed E-state index contributed by atoms with van der Waals surface area (Å²) in [5.41, 5.74) is 5.34. The highest BCUT2D eigenvalue weighted by Crippen LogP contribution is 2.43. The van der Waals surface area contributed by atoms with Gasteiger partial charge in [-0.2, -0.15) is 0 Å². The minimum atomic E-state index is -0.575. The first-order chi connectivity index (χ1) is 33.4. The molecule has 0 saturated heterocycles. The van der Waals surface area contributed by atoms with Crippen LogP contribution < -0.4 is 0 Å². The second kappa shape index (κ2) is 14.5. The van der Waals surface area contributed by atoms with Crippen LogP contribution in [-0.4, -0.2) is 19.5 Å². The lowest BCUT2D eigenvalue weighted by atomic mass is 9.92. The molecule has 4 nitrogen and oxygen atoms in total. The number of nitrogens with zero attached hydrogens (tertiary/aromatic N) is 4. The summed E-state index contributed by atoms with van der Waals surface area (Å²) in [6.45, 7) is 0. The standard InChI is InChI=1S/C55H36N4/c1-5-17-37(18-6-1)42-31-29-38-30-32-43(34-44(38)33-42)54-56-53(41-23-11-4-12-24-41)57-55(58-54)49-35-48(40-21-9-3-10-22-40)52(36-47(49)39-19-7-2-8-20-39)59-50-27-15-13-25-45(50)46-26-14-16-28-51(46)59/h1-36H/i2D,3D,7D,8D,9D,10D,19D,20D,21D,22D. The minimum absolute atomic E-state index is 0.0428. The monoisotopic (exact) mass is 762 g/mol. The Balaban J connectivity index is 1.29. The van der Waals surface area contributed by atoms with E-state index in [9.17, 15) is 5.48 Å². The van der Waals surface area contributed by atoms with E-state index in [0.29, 0.717) is 27.8 Å². The predicted octanol–water partition coefficient (Wildman–Crippen LogP) is 14.1. The van der Waals surface area contributed by atoms with Crippen LogP contribution in [0.3, 0.4) is 0 Å². The molecule has 2 heterocycles. The molecule has 0 bridgehead atoms. The van der Waals surface area contributed by atoms with Crippen molar-refractivity contribution in [2.45, 2.75) is 0 Å². The van der Waals surface area contributed by atoms with Crippen LogP contribution in [0.15, 0.2) is 218 Å². The lowest BCUT2D eigenvalue weighted by molar-refractivity contribution is 1.07. The zero-order valence-electron chi connectivity index (χ0n) is 41.3. The molecule has 0 aliphatic carbocycles. The summed E-state index contributed by atoms with van der Waals surface area (Å²) in [5.74, 6) is 0.589. The molecular formula is C55H36N4. The van der Waals surface area contributed by atoms with E-state index < -0.39 is 60.4 Å². The molecule has 0 atom stereocenters. The first kappa shape index (κ1) is 25.3. The summed E-state index contributed by atoms with van der Waals surface area (Å²) in [4.78, 5) is 15.2. The fraction of sp³-hybridized carbons (Fsp3) is 0. The predicted molar refractivity (Wildman–Crippen MR) is 244 cm³/mol. The largest absolute Gasteiger partial charge is 0.309 e. The summed E-state index contributed by atoms with van der Waals surface area (Å²) in [6.07, 6.45) is 0. The van der Waals surface area contributed by atoms with E-state index >= 15 is 0 Å². The Morgan fingerprint density at radius 2 is 0.847 bits per heavy atom. The van der Waals surface area contributed by atoms with Crippen molar-refractivity contribution in [2.75, 3.05) is 0 Å². The Labute approximate surface area is 356 Å². The van der Waals surface area contributed by atoms with Crippen LogP contribution in [0, 0.1) is 0 Å². The summed E-state index contributed by atoms with van der Waals surface area (Å²) in [7, 11) is 0. The van der Waals surface area contributed by atoms with Crippen molar-refractivity contribution in [3.63, 3.8) is 0 Å². The molecule has 0 amide bonds. The van der Waals surface area contributed by atoms with Gasteiger partial charge in [-0.3, -0.25) is 0 Å². The Kier molecular flexibility index (Phi) is 6.24. The van der Waals surface area contributed by atoms with Crippen LogP contribution in [0.25, 0.3) is 106 Å². The fourth-order valence-corrected chi connectivity index (χ4v) is 7.85. The summed E-state index contributed by atoms with van der Waals surface area (Å²) in [5, 5.41) is 3.66.